The van der Waals surface area contributed by atoms with Crippen LogP contribution in [0.4, 0.5) is 0 Å². The van der Waals surface area contributed by atoms with E-state index < -0.39 is 0 Å². The Morgan fingerprint density at radius 1 is 1.50 bits per heavy atom. The second-order valence-electron chi connectivity index (χ2n) is 4.07. The summed E-state index contributed by atoms with van der Waals surface area (Å²) in [5, 5.41) is 3.95. The molecule has 0 aliphatic carbocycles. The molecule has 1 unspecified atom stereocenters. The van der Waals surface area contributed by atoms with Gasteiger partial charge in [0.05, 0.1) is 6.10 Å². The molecule has 0 aromatic carbocycles. The number of hydrogen-bond donors (Lipinski definition) is 1. The fourth-order valence-electron chi connectivity index (χ4n) is 1.89. The van der Waals surface area contributed by atoms with E-state index in [1.807, 2.05) is 12.1 Å². The number of nitrogens with zero attached hydrogens (tertiary/aromatic N) is 1. The Bertz CT molecular complexity index is 327. The molecule has 1 fully saturated rings. The Morgan fingerprint density at radius 2 is 2.44 bits per heavy atom. The molecular formula is C12H17ClN2O. The Morgan fingerprint density at radius 3 is 3.19 bits per heavy atom. The average molecular weight is 241 g/mol. The van der Waals surface area contributed by atoms with Gasteiger partial charge in [-0.25, -0.2) is 4.98 Å². The van der Waals surface area contributed by atoms with Gasteiger partial charge in [0, 0.05) is 31.5 Å². The van der Waals surface area contributed by atoms with Gasteiger partial charge >= 0.3 is 0 Å². The monoisotopic (exact) mass is 240 g/mol. The molecule has 88 valence electrons. The lowest BCUT2D eigenvalue weighted by molar-refractivity contribution is 0.0168. The van der Waals surface area contributed by atoms with E-state index in [-0.39, 0.29) is 0 Å². The van der Waals surface area contributed by atoms with E-state index >= 15 is 0 Å². The van der Waals surface area contributed by atoms with Crippen molar-refractivity contribution in [1.29, 1.82) is 0 Å². The second kappa shape index (κ2) is 6.18. The Kier molecular flexibility index (Phi) is 4.57. The van der Waals surface area contributed by atoms with Crippen molar-refractivity contribution in [2.24, 2.45) is 0 Å². The summed E-state index contributed by atoms with van der Waals surface area (Å²) in [5.74, 6) is 0. The van der Waals surface area contributed by atoms with E-state index in [2.05, 4.69) is 10.3 Å². The molecule has 2 rings (SSSR count). The zero-order valence-electron chi connectivity index (χ0n) is 9.29. The van der Waals surface area contributed by atoms with Crippen LogP contribution in [0.5, 0.6) is 0 Å². The molecule has 1 saturated heterocycles. The van der Waals surface area contributed by atoms with Gasteiger partial charge in [-0.2, -0.15) is 0 Å². The normalized spacial score (nSPS) is 20.9. The molecule has 2 heterocycles. The highest BCUT2D eigenvalue weighted by Crippen LogP contribution is 2.13. The summed E-state index contributed by atoms with van der Waals surface area (Å²) in [5.41, 5.74) is 1.04. The first-order chi connectivity index (χ1) is 7.86. The minimum absolute atomic E-state index is 0.365. The van der Waals surface area contributed by atoms with E-state index in [4.69, 9.17) is 16.3 Å². The van der Waals surface area contributed by atoms with Gasteiger partial charge in [0.25, 0.3) is 0 Å². The van der Waals surface area contributed by atoms with Gasteiger partial charge in [-0.3, -0.25) is 0 Å². The minimum Gasteiger partial charge on any atom is -0.377 e. The van der Waals surface area contributed by atoms with Crippen LogP contribution in [-0.4, -0.2) is 24.2 Å². The molecule has 1 N–H and O–H groups in total. The lowest BCUT2D eigenvalue weighted by Gasteiger charge is -2.22. The first-order valence-electron chi connectivity index (χ1n) is 5.78. The van der Waals surface area contributed by atoms with Gasteiger partial charge in [0.2, 0.25) is 0 Å². The van der Waals surface area contributed by atoms with Crippen LogP contribution in [0.25, 0.3) is 0 Å². The fourth-order valence-corrected chi connectivity index (χ4v) is 2.07. The van der Waals surface area contributed by atoms with Gasteiger partial charge in [0.15, 0.2) is 0 Å². The molecule has 0 amide bonds. The summed E-state index contributed by atoms with van der Waals surface area (Å²) < 4.78 is 5.64. The number of aromatic nitrogens is 1. The van der Waals surface area contributed by atoms with Crippen LogP contribution >= 0.6 is 11.6 Å². The highest BCUT2D eigenvalue weighted by atomic mass is 35.5. The summed E-state index contributed by atoms with van der Waals surface area (Å²) in [6.45, 7) is 2.55. The quantitative estimate of drug-likeness (QED) is 0.821. The number of nitrogens with one attached hydrogen (secondary N) is 1. The number of halogens is 1. The summed E-state index contributed by atoms with van der Waals surface area (Å²) in [6, 6.07) is 3.89. The van der Waals surface area contributed by atoms with Gasteiger partial charge in [-0.1, -0.05) is 17.7 Å². The zero-order chi connectivity index (χ0) is 11.2. The van der Waals surface area contributed by atoms with Crippen LogP contribution < -0.4 is 5.32 Å². The van der Waals surface area contributed by atoms with E-state index in [9.17, 15) is 0 Å². The predicted molar refractivity (Wildman–Crippen MR) is 64.5 cm³/mol. The highest BCUT2D eigenvalue weighted by Gasteiger charge is 2.13. The maximum atomic E-state index is 5.96. The Hall–Kier alpha value is -0.640. The fraction of sp³-hybridized carbons (Fsp3) is 0.583. The molecule has 0 bridgehead atoms. The molecule has 0 spiro atoms. The lowest BCUT2D eigenvalue weighted by atomic mass is 10.1. The molecule has 1 aromatic rings. The van der Waals surface area contributed by atoms with Crippen molar-refractivity contribution < 1.29 is 4.74 Å². The van der Waals surface area contributed by atoms with Gasteiger partial charge < -0.3 is 10.1 Å². The van der Waals surface area contributed by atoms with Crippen molar-refractivity contribution in [2.45, 2.75) is 31.9 Å². The largest absolute Gasteiger partial charge is 0.377 e. The predicted octanol–water partition coefficient (Wildman–Crippen LogP) is 2.39. The topological polar surface area (TPSA) is 34.2 Å². The van der Waals surface area contributed by atoms with Crippen molar-refractivity contribution in [2.75, 3.05) is 13.2 Å². The highest BCUT2D eigenvalue weighted by molar-refractivity contribution is 6.30. The van der Waals surface area contributed by atoms with E-state index in [0.717, 1.165) is 31.7 Å². The molecule has 1 aliphatic heterocycles. The van der Waals surface area contributed by atoms with Crippen molar-refractivity contribution in [3.05, 3.63) is 29.0 Å². The molecule has 4 heteroatoms. The zero-order valence-corrected chi connectivity index (χ0v) is 10.0. The van der Waals surface area contributed by atoms with Crippen molar-refractivity contribution in [1.82, 2.24) is 10.3 Å². The maximum Gasteiger partial charge on any atom is 0.133 e. The molecular weight excluding hydrogens is 224 g/mol. The Balaban J connectivity index is 1.73. The van der Waals surface area contributed by atoms with E-state index in [0.29, 0.717) is 11.3 Å². The van der Waals surface area contributed by atoms with E-state index in [1.165, 1.54) is 12.8 Å². The molecule has 16 heavy (non-hydrogen) atoms. The number of hydrogen-bond acceptors (Lipinski definition) is 3. The number of pyridine rings is 1. The summed E-state index contributed by atoms with van der Waals surface area (Å²) in [6.07, 6.45) is 5.71. The van der Waals surface area contributed by atoms with Crippen LogP contribution in [0.2, 0.25) is 5.15 Å². The number of ether oxygens (including phenoxy) is 1. The third-order valence-electron chi connectivity index (χ3n) is 2.80. The van der Waals surface area contributed by atoms with Crippen LogP contribution in [-0.2, 0) is 11.3 Å². The number of rotatable bonds is 4. The first-order valence-corrected chi connectivity index (χ1v) is 6.16. The summed E-state index contributed by atoms with van der Waals surface area (Å²) in [4.78, 5) is 4.04. The maximum absolute atomic E-state index is 5.96. The molecule has 0 saturated carbocycles. The summed E-state index contributed by atoms with van der Waals surface area (Å²) in [7, 11) is 0. The summed E-state index contributed by atoms with van der Waals surface area (Å²) >= 11 is 5.96. The van der Waals surface area contributed by atoms with Crippen LogP contribution in [0, 0.1) is 0 Å². The smallest absolute Gasteiger partial charge is 0.133 e. The van der Waals surface area contributed by atoms with Crippen LogP contribution in [0.15, 0.2) is 18.3 Å². The van der Waals surface area contributed by atoms with Crippen LogP contribution in [0.1, 0.15) is 24.8 Å². The average Bonchev–Trinajstić information content (AvgIpc) is 2.33. The SMILES string of the molecule is Clc1ncccc1CNCC1CCCCO1. The van der Waals surface area contributed by atoms with Crippen molar-refractivity contribution in [3.8, 4) is 0 Å². The molecule has 1 atom stereocenters. The Labute approximate surface area is 101 Å². The molecule has 1 aliphatic rings. The minimum atomic E-state index is 0.365. The molecule has 0 radical (unpaired) electrons. The third kappa shape index (κ3) is 3.44. The third-order valence-corrected chi connectivity index (χ3v) is 3.14. The van der Waals surface area contributed by atoms with Crippen molar-refractivity contribution >= 4 is 11.6 Å². The standard InChI is InChI=1S/C12H17ClN2O/c13-12-10(4-3-6-15-12)8-14-9-11-5-1-2-7-16-11/h3-4,6,11,14H,1-2,5,7-9H2. The van der Waals surface area contributed by atoms with E-state index in [1.54, 1.807) is 6.20 Å². The first kappa shape index (κ1) is 11.8. The lowest BCUT2D eigenvalue weighted by Crippen LogP contribution is -2.31. The van der Waals surface area contributed by atoms with Gasteiger partial charge in [0.1, 0.15) is 5.15 Å². The second-order valence-corrected chi connectivity index (χ2v) is 4.43. The van der Waals surface area contributed by atoms with Crippen LogP contribution in [0.3, 0.4) is 0 Å². The van der Waals surface area contributed by atoms with Gasteiger partial charge in [-0.15, -0.1) is 0 Å². The van der Waals surface area contributed by atoms with Gasteiger partial charge in [-0.05, 0) is 25.3 Å². The van der Waals surface area contributed by atoms with Crippen molar-refractivity contribution in [3.63, 3.8) is 0 Å². The molecule has 1 aromatic heterocycles. The molecule has 3 nitrogen and oxygen atoms in total.